The summed E-state index contributed by atoms with van der Waals surface area (Å²) in [6.45, 7) is 1.85. The maximum atomic E-state index is 12.2. The Bertz CT molecular complexity index is 1110. The summed E-state index contributed by atoms with van der Waals surface area (Å²) in [6, 6.07) is 17.8. The summed E-state index contributed by atoms with van der Waals surface area (Å²) in [5, 5.41) is 6.07. The Morgan fingerprint density at radius 2 is 2.00 bits per heavy atom. The highest BCUT2D eigenvalue weighted by atomic mass is 32.2. The minimum atomic E-state index is -0.159. The highest BCUT2D eigenvalue weighted by molar-refractivity contribution is 8.00. The third-order valence-corrected chi connectivity index (χ3v) is 6.10. The molecule has 7 heteroatoms. The van der Waals surface area contributed by atoms with Crippen molar-refractivity contribution < 1.29 is 4.79 Å². The fourth-order valence-electron chi connectivity index (χ4n) is 2.59. The fourth-order valence-corrected chi connectivity index (χ4v) is 4.33. The summed E-state index contributed by atoms with van der Waals surface area (Å²) in [6.07, 6.45) is 1.76. The van der Waals surface area contributed by atoms with Gasteiger partial charge < -0.3 is 0 Å². The van der Waals surface area contributed by atoms with E-state index >= 15 is 0 Å². The van der Waals surface area contributed by atoms with E-state index in [0.717, 1.165) is 31.0 Å². The van der Waals surface area contributed by atoms with Gasteiger partial charge in [0.05, 0.1) is 27.2 Å². The number of carbonyl (C=O) groups is 1. The SMILES string of the molecule is C/C(=N/NC(=O)CSc1cccc2cccnc12)c1nc2ccccc2s1. The number of nitrogens with zero attached hydrogens (tertiary/aromatic N) is 3. The van der Waals surface area contributed by atoms with Crippen LogP contribution in [-0.2, 0) is 4.79 Å². The molecule has 27 heavy (non-hydrogen) atoms. The van der Waals surface area contributed by atoms with Gasteiger partial charge in [0.15, 0.2) is 0 Å². The van der Waals surface area contributed by atoms with Crippen molar-refractivity contribution in [3.8, 4) is 0 Å². The fraction of sp³-hybridized carbons (Fsp3) is 0.100. The van der Waals surface area contributed by atoms with Crippen molar-refractivity contribution in [2.75, 3.05) is 5.75 Å². The first-order valence-corrected chi connectivity index (χ1v) is 10.2. The Morgan fingerprint density at radius 3 is 2.89 bits per heavy atom. The molecule has 1 N–H and O–H groups in total. The van der Waals surface area contributed by atoms with Crippen LogP contribution in [0.5, 0.6) is 0 Å². The molecule has 0 aliphatic carbocycles. The lowest BCUT2D eigenvalue weighted by atomic mass is 10.2. The molecule has 1 amide bonds. The van der Waals surface area contributed by atoms with Gasteiger partial charge in [-0.05, 0) is 31.2 Å². The van der Waals surface area contributed by atoms with Gasteiger partial charge in [0, 0.05) is 16.5 Å². The number of hydrogen-bond acceptors (Lipinski definition) is 6. The maximum Gasteiger partial charge on any atom is 0.250 e. The molecule has 5 nitrogen and oxygen atoms in total. The Labute approximate surface area is 164 Å². The monoisotopic (exact) mass is 392 g/mol. The molecule has 0 aliphatic rings. The van der Waals surface area contributed by atoms with Crippen molar-refractivity contribution in [3.05, 3.63) is 65.8 Å². The normalized spacial score (nSPS) is 11.8. The lowest BCUT2D eigenvalue weighted by Crippen LogP contribution is -2.21. The summed E-state index contributed by atoms with van der Waals surface area (Å²) >= 11 is 3.01. The van der Waals surface area contributed by atoms with E-state index in [1.807, 2.05) is 61.5 Å². The molecule has 2 aromatic heterocycles. The van der Waals surface area contributed by atoms with Crippen LogP contribution in [0.25, 0.3) is 21.1 Å². The van der Waals surface area contributed by atoms with E-state index in [1.54, 1.807) is 17.5 Å². The van der Waals surface area contributed by atoms with Crippen LogP contribution in [0, 0.1) is 0 Å². The zero-order valence-electron chi connectivity index (χ0n) is 14.5. The molecule has 0 radical (unpaired) electrons. The smallest absolute Gasteiger partial charge is 0.250 e. The van der Waals surface area contributed by atoms with Crippen molar-refractivity contribution in [2.24, 2.45) is 5.10 Å². The number of rotatable bonds is 5. The van der Waals surface area contributed by atoms with Crippen LogP contribution in [0.3, 0.4) is 0 Å². The topological polar surface area (TPSA) is 67.2 Å². The number of benzene rings is 2. The zero-order valence-corrected chi connectivity index (χ0v) is 16.2. The summed E-state index contributed by atoms with van der Waals surface area (Å²) < 4.78 is 1.10. The van der Waals surface area contributed by atoms with Crippen LogP contribution in [0.2, 0.25) is 0 Å². The van der Waals surface area contributed by atoms with E-state index < -0.39 is 0 Å². The number of hydrazone groups is 1. The molecular formula is C20H16N4OS2. The van der Waals surface area contributed by atoms with Crippen molar-refractivity contribution in [1.82, 2.24) is 15.4 Å². The number of amides is 1. The molecule has 0 fully saturated rings. The summed E-state index contributed by atoms with van der Waals surface area (Å²) in [7, 11) is 0. The van der Waals surface area contributed by atoms with Crippen LogP contribution >= 0.6 is 23.1 Å². The molecule has 134 valence electrons. The van der Waals surface area contributed by atoms with Crippen LogP contribution in [-0.4, -0.2) is 27.3 Å². The number of thiazole rings is 1. The number of para-hydroxylation sites is 2. The van der Waals surface area contributed by atoms with Gasteiger partial charge in [0.25, 0.3) is 0 Å². The number of fused-ring (bicyclic) bond motifs is 2. The standard InChI is InChI=1S/C20H16N4OS2/c1-13(20-22-15-8-2-3-9-16(15)27-20)23-24-18(25)12-26-17-10-4-6-14-7-5-11-21-19(14)17/h2-11H,12H2,1H3,(H,24,25)/b23-13-. The lowest BCUT2D eigenvalue weighted by molar-refractivity contribution is -0.118. The first kappa shape index (κ1) is 17.6. The summed E-state index contributed by atoms with van der Waals surface area (Å²) in [5.74, 6) is 0.111. The van der Waals surface area contributed by atoms with Crippen LogP contribution in [0.1, 0.15) is 11.9 Å². The molecule has 0 saturated carbocycles. The number of aromatic nitrogens is 2. The molecule has 0 aliphatic heterocycles. The number of pyridine rings is 1. The van der Waals surface area contributed by atoms with Crippen molar-refractivity contribution in [2.45, 2.75) is 11.8 Å². The molecule has 0 bridgehead atoms. The van der Waals surface area contributed by atoms with Gasteiger partial charge in [-0.25, -0.2) is 10.4 Å². The first-order valence-electron chi connectivity index (χ1n) is 8.36. The Balaban J connectivity index is 1.41. The van der Waals surface area contributed by atoms with Crippen LogP contribution < -0.4 is 5.43 Å². The Morgan fingerprint density at radius 1 is 1.15 bits per heavy atom. The number of thioether (sulfide) groups is 1. The number of carbonyl (C=O) groups excluding carboxylic acids is 1. The number of hydrogen-bond donors (Lipinski definition) is 1. The second-order valence-electron chi connectivity index (χ2n) is 5.84. The molecule has 2 heterocycles. The van der Waals surface area contributed by atoms with Gasteiger partial charge in [0.2, 0.25) is 5.91 Å². The average molecular weight is 393 g/mol. The quantitative estimate of drug-likeness (QED) is 0.309. The second kappa shape index (κ2) is 7.85. The van der Waals surface area contributed by atoms with Gasteiger partial charge in [-0.15, -0.1) is 23.1 Å². The van der Waals surface area contributed by atoms with E-state index in [2.05, 4.69) is 20.5 Å². The van der Waals surface area contributed by atoms with Gasteiger partial charge in [-0.1, -0.05) is 30.3 Å². The summed E-state index contributed by atoms with van der Waals surface area (Å²) in [5.41, 5.74) is 5.16. The molecule has 0 saturated heterocycles. The number of nitrogens with one attached hydrogen (secondary N) is 1. The predicted octanol–water partition coefficient (Wildman–Crippen LogP) is 4.48. The highest BCUT2D eigenvalue weighted by Crippen LogP contribution is 2.26. The van der Waals surface area contributed by atoms with E-state index in [-0.39, 0.29) is 11.7 Å². The van der Waals surface area contributed by atoms with Gasteiger partial charge in [-0.3, -0.25) is 9.78 Å². The van der Waals surface area contributed by atoms with Gasteiger partial charge in [0.1, 0.15) is 5.01 Å². The average Bonchev–Trinajstić information content (AvgIpc) is 3.15. The van der Waals surface area contributed by atoms with E-state index in [1.165, 1.54) is 11.8 Å². The van der Waals surface area contributed by atoms with Crippen LogP contribution in [0.4, 0.5) is 0 Å². The Hall–Kier alpha value is -2.77. The third-order valence-electron chi connectivity index (χ3n) is 3.91. The van der Waals surface area contributed by atoms with Gasteiger partial charge in [-0.2, -0.15) is 5.10 Å². The largest absolute Gasteiger partial charge is 0.272 e. The third kappa shape index (κ3) is 3.99. The molecule has 4 aromatic rings. The van der Waals surface area contributed by atoms with Crippen molar-refractivity contribution >= 4 is 55.8 Å². The molecule has 4 rings (SSSR count). The minimum Gasteiger partial charge on any atom is -0.272 e. The highest BCUT2D eigenvalue weighted by Gasteiger charge is 2.09. The second-order valence-corrected chi connectivity index (χ2v) is 7.89. The van der Waals surface area contributed by atoms with Crippen molar-refractivity contribution in [1.29, 1.82) is 0 Å². The Kier molecular flexibility index (Phi) is 5.13. The molecule has 0 unspecified atom stereocenters. The summed E-state index contributed by atoms with van der Waals surface area (Å²) in [4.78, 5) is 22.1. The first-order chi connectivity index (χ1) is 13.2. The minimum absolute atomic E-state index is 0.159. The maximum absolute atomic E-state index is 12.2. The zero-order chi connectivity index (χ0) is 18.6. The van der Waals surface area contributed by atoms with Crippen LogP contribution in [0.15, 0.2) is 70.8 Å². The molecule has 2 aromatic carbocycles. The van der Waals surface area contributed by atoms with E-state index in [0.29, 0.717) is 5.71 Å². The molecule has 0 spiro atoms. The van der Waals surface area contributed by atoms with Gasteiger partial charge >= 0.3 is 0 Å². The van der Waals surface area contributed by atoms with E-state index in [4.69, 9.17) is 0 Å². The van der Waals surface area contributed by atoms with Crippen molar-refractivity contribution in [3.63, 3.8) is 0 Å². The molecular weight excluding hydrogens is 376 g/mol. The van der Waals surface area contributed by atoms with E-state index in [9.17, 15) is 4.79 Å². The lowest BCUT2D eigenvalue weighted by Gasteiger charge is -2.05. The molecule has 0 atom stereocenters. The predicted molar refractivity (Wildman–Crippen MR) is 112 cm³/mol.